The van der Waals surface area contributed by atoms with Crippen LogP contribution in [0.15, 0.2) is 24.4 Å². The van der Waals surface area contributed by atoms with Gasteiger partial charge in [0.15, 0.2) is 11.5 Å². The fraction of sp³-hybridized carbons (Fsp3) is 0.286. The molecule has 20 heavy (non-hydrogen) atoms. The van der Waals surface area contributed by atoms with Gasteiger partial charge in [-0.25, -0.2) is 4.98 Å². The third-order valence-electron chi connectivity index (χ3n) is 2.98. The van der Waals surface area contributed by atoms with Crippen LogP contribution < -0.4 is 14.4 Å². The van der Waals surface area contributed by atoms with Gasteiger partial charge in [0.25, 0.3) is 0 Å². The molecule has 1 heterocycles. The zero-order valence-electron chi connectivity index (χ0n) is 11.6. The molecule has 1 aromatic carbocycles. The van der Waals surface area contributed by atoms with Gasteiger partial charge >= 0.3 is 5.97 Å². The Morgan fingerprint density at radius 2 is 1.95 bits per heavy atom. The van der Waals surface area contributed by atoms with E-state index in [1.54, 1.807) is 38.4 Å². The monoisotopic (exact) mass is 276 g/mol. The van der Waals surface area contributed by atoms with E-state index in [2.05, 4.69) is 4.98 Å². The number of methoxy groups -OCH3 is 2. The van der Waals surface area contributed by atoms with Crippen molar-refractivity contribution in [3.8, 4) is 11.5 Å². The quantitative estimate of drug-likeness (QED) is 0.897. The number of pyridine rings is 1. The van der Waals surface area contributed by atoms with E-state index < -0.39 is 5.97 Å². The van der Waals surface area contributed by atoms with Crippen molar-refractivity contribution in [3.05, 3.63) is 24.4 Å². The van der Waals surface area contributed by atoms with Gasteiger partial charge in [-0.05, 0) is 23.6 Å². The molecule has 1 N–H and O–H groups in total. The number of likely N-dealkylation sites (N-methyl/N-ethyl adjacent to an activating group) is 1. The first-order valence-electron chi connectivity index (χ1n) is 6.00. The van der Waals surface area contributed by atoms with E-state index in [0.29, 0.717) is 17.3 Å². The van der Waals surface area contributed by atoms with Gasteiger partial charge in [-0.1, -0.05) is 0 Å². The molecular formula is C14H16N2O4. The number of carbonyl (C=O) groups is 1. The second kappa shape index (κ2) is 5.64. The number of ether oxygens (including phenoxy) is 2. The lowest BCUT2D eigenvalue weighted by molar-refractivity contribution is -0.135. The molecule has 1 aromatic heterocycles. The molecule has 2 rings (SSSR count). The van der Waals surface area contributed by atoms with Crippen LogP contribution in [0.1, 0.15) is 0 Å². The largest absolute Gasteiger partial charge is 0.493 e. The number of nitrogens with zero attached hydrogens (tertiary/aromatic N) is 2. The summed E-state index contributed by atoms with van der Waals surface area (Å²) in [6, 6.07) is 5.48. The van der Waals surface area contributed by atoms with Gasteiger partial charge in [0.2, 0.25) is 0 Å². The Labute approximate surface area is 116 Å². The highest BCUT2D eigenvalue weighted by Crippen LogP contribution is 2.35. The topological polar surface area (TPSA) is 71.9 Å². The van der Waals surface area contributed by atoms with Crippen molar-refractivity contribution in [1.29, 1.82) is 0 Å². The van der Waals surface area contributed by atoms with Gasteiger partial charge in [-0.2, -0.15) is 0 Å². The van der Waals surface area contributed by atoms with Gasteiger partial charge in [-0.3, -0.25) is 4.79 Å². The molecule has 0 aliphatic heterocycles. The molecule has 2 aromatic rings. The van der Waals surface area contributed by atoms with Crippen molar-refractivity contribution >= 4 is 22.6 Å². The van der Waals surface area contributed by atoms with Crippen LogP contribution >= 0.6 is 0 Å². The van der Waals surface area contributed by atoms with Crippen LogP contribution in [0.5, 0.6) is 11.5 Å². The number of hydrogen-bond donors (Lipinski definition) is 1. The van der Waals surface area contributed by atoms with Crippen molar-refractivity contribution in [2.75, 3.05) is 32.7 Å². The molecule has 0 bridgehead atoms. The van der Waals surface area contributed by atoms with Crippen LogP contribution in [-0.2, 0) is 4.79 Å². The molecule has 0 saturated carbocycles. The molecule has 0 radical (unpaired) electrons. The predicted octanol–water partition coefficient (Wildman–Crippen LogP) is 1.77. The molecule has 0 atom stereocenters. The summed E-state index contributed by atoms with van der Waals surface area (Å²) in [5, 5.41) is 10.6. The number of aliphatic carboxylic acids is 1. The molecule has 6 nitrogen and oxygen atoms in total. The van der Waals surface area contributed by atoms with Crippen molar-refractivity contribution in [2.24, 2.45) is 0 Å². The number of carboxylic acids is 1. The summed E-state index contributed by atoms with van der Waals surface area (Å²) in [5.74, 6) is 0.883. The van der Waals surface area contributed by atoms with E-state index in [0.717, 1.165) is 10.8 Å². The molecule has 0 unspecified atom stereocenters. The van der Waals surface area contributed by atoms with Crippen LogP contribution in [0, 0.1) is 0 Å². The van der Waals surface area contributed by atoms with Crippen LogP contribution in [0.2, 0.25) is 0 Å². The van der Waals surface area contributed by atoms with Crippen molar-refractivity contribution in [3.63, 3.8) is 0 Å². The second-order valence-electron chi connectivity index (χ2n) is 4.31. The Bertz CT molecular complexity index is 642. The number of anilines is 1. The summed E-state index contributed by atoms with van der Waals surface area (Å²) in [6.45, 7) is -0.125. The maximum atomic E-state index is 10.8. The van der Waals surface area contributed by atoms with Gasteiger partial charge in [0.1, 0.15) is 12.4 Å². The van der Waals surface area contributed by atoms with Gasteiger partial charge in [0, 0.05) is 18.6 Å². The zero-order chi connectivity index (χ0) is 14.7. The highest BCUT2D eigenvalue weighted by molar-refractivity contribution is 5.95. The Morgan fingerprint density at radius 3 is 2.55 bits per heavy atom. The fourth-order valence-electron chi connectivity index (χ4n) is 2.07. The fourth-order valence-corrected chi connectivity index (χ4v) is 2.07. The first kappa shape index (κ1) is 13.9. The molecule has 0 aliphatic carbocycles. The Kier molecular flexibility index (Phi) is 3.93. The Morgan fingerprint density at radius 1 is 1.30 bits per heavy atom. The van der Waals surface area contributed by atoms with Gasteiger partial charge in [-0.15, -0.1) is 0 Å². The summed E-state index contributed by atoms with van der Waals surface area (Å²) in [7, 11) is 4.82. The summed E-state index contributed by atoms with van der Waals surface area (Å²) >= 11 is 0. The van der Waals surface area contributed by atoms with E-state index in [1.807, 2.05) is 12.1 Å². The third kappa shape index (κ3) is 2.59. The highest BCUT2D eigenvalue weighted by atomic mass is 16.5. The van der Waals surface area contributed by atoms with Crippen molar-refractivity contribution in [2.45, 2.75) is 0 Å². The molecule has 0 aliphatic rings. The molecular weight excluding hydrogens is 260 g/mol. The van der Waals surface area contributed by atoms with E-state index in [-0.39, 0.29) is 6.54 Å². The normalized spacial score (nSPS) is 10.3. The minimum atomic E-state index is -0.910. The maximum absolute atomic E-state index is 10.8. The SMILES string of the molecule is COc1cc2ccnc(N(C)CC(=O)O)c2cc1OC. The highest BCUT2D eigenvalue weighted by Gasteiger charge is 2.14. The van der Waals surface area contributed by atoms with E-state index in [9.17, 15) is 4.79 Å². The van der Waals surface area contributed by atoms with Crippen LogP contribution in [0.25, 0.3) is 10.8 Å². The number of benzene rings is 1. The van der Waals surface area contributed by atoms with E-state index in [4.69, 9.17) is 14.6 Å². The summed E-state index contributed by atoms with van der Waals surface area (Å²) in [6.07, 6.45) is 1.64. The Balaban J connectivity index is 2.58. The lowest BCUT2D eigenvalue weighted by Gasteiger charge is -2.18. The first-order valence-corrected chi connectivity index (χ1v) is 6.00. The number of aromatic nitrogens is 1. The summed E-state index contributed by atoms with van der Waals surface area (Å²) in [5.41, 5.74) is 0. The summed E-state index contributed by atoms with van der Waals surface area (Å²) in [4.78, 5) is 16.7. The van der Waals surface area contributed by atoms with Crippen LogP contribution in [-0.4, -0.2) is 43.9 Å². The number of fused-ring (bicyclic) bond motifs is 1. The first-order chi connectivity index (χ1) is 9.56. The van der Waals surface area contributed by atoms with Crippen LogP contribution in [0.4, 0.5) is 5.82 Å². The molecule has 106 valence electrons. The van der Waals surface area contributed by atoms with E-state index in [1.165, 1.54) is 0 Å². The molecule has 0 fully saturated rings. The standard InChI is InChI=1S/C14H16N2O4/c1-16(8-13(17)18)14-10-7-12(20-3)11(19-2)6-9(10)4-5-15-14/h4-7H,8H2,1-3H3,(H,17,18). The molecule has 0 spiro atoms. The number of hydrogen-bond acceptors (Lipinski definition) is 5. The lowest BCUT2D eigenvalue weighted by Crippen LogP contribution is -2.26. The molecule has 0 amide bonds. The lowest BCUT2D eigenvalue weighted by atomic mass is 10.1. The minimum Gasteiger partial charge on any atom is -0.493 e. The number of carboxylic acid groups (broad SMARTS) is 1. The van der Waals surface area contributed by atoms with Crippen molar-refractivity contribution < 1.29 is 19.4 Å². The molecule has 6 heteroatoms. The van der Waals surface area contributed by atoms with Crippen LogP contribution in [0.3, 0.4) is 0 Å². The average molecular weight is 276 g/mol. The zero-order valence-corrected chi connectivity index (χ0v) is 11.6. The minimum absolute atomic E-state index is 0.125. The third-order valence-corrected chi connectivity index (χ3v) is 2.98. The smallest absolute Gasteiger partial charge is 0.323 e. The average Bonchev–Trinajstić information content (AvgIpc) is 2.44. The Hall–Kier alpha value is -2.50. The van der Waals surface area contributed by atoms with E-state index >= 15 is 0 Å². The van der Waals surface area contributed by atoms with Gasteiger partial charge in [0.05, 0.1) is 14.2 Å². The van der Waals surface area contributed by atoms with Gasteiger partial charge < -0.3 is 19.5 Å². The predicted molar refractivity (Wildman–Crippen MR) is 75.8 cm³/mol. The maximum Gasteiger partial charge on any atom is 0.323 e. The molecule has 0 saturated heterocycles. The summed E-state index contributed by atoms with van der Waals surface area (Å²) < 4.78 is 10.5. The van der Waals surface area contributed by atoms with Crippen molar-refractivity contribution in [1.82, 2.24) is 4.98 Å². The second-order valence-corrected chi connectivity index (χ2v) is 4.31. The number of rotatable bonds is 5.